The van der Waals surface area contributed by atoms with Gasteiger partial charge in [-0.05, 0) is 62.1 Å². The molecule has 0 unspecified atom stereocenters. The first-order valence-corrected chi connectivity index (χ1v) is 14.7. The van der Waals surface area contributed by atoms with Crippen LogP contribution in [-0.4, -0.2) is 56.5 Å². The van der Waals surface area contributed by atoms with Crippen LogP contribution in [0.4, 0.5) is 8.78 Å². The SMILES string of the molecule is Cc1ccccc1CNC(=O)[C@H]1N(C(=O)[C@@H](O)[C@H](Cc2ccccc2)NC(=O)Cc2cc(F)ccc2F)CSC1(C)C. The number of aryl methyl sites for hydroxylation is 1. The summed E-state index contributed by atoms with van der Waals surface area (Å²) in [6, 6.07) is 17.5. The number of benzene rings is 3. The molecular formula is C32H35F2N3O4S. The second-order valence-corrected chi connectivity index (χ2v) is 12.6. The summed E-state index contributed by atoms with van der Waals surface area (Å²) in [7, 11) is 0. The molecule has 1 saturated heterocycles. The molecule has 1 fully saturated rings. The Labute approximate surface area is 248 Å². The van der Waals surface area contributed by atoms with Crippen molar-refractivity contribution in [1.29, 1.82) is 0 Å². The number of hydrogen-bond donors (Lipinski definition) is 3. The zero-order chi connectivity index (χ0) is 30.4. The van der Waals surface area contributed by atoms with Gasteiger partial charge in [0.2, 0.25) is 11.8 Å². The van der Waals surface area contributed by atoms with Crippen LogP contribution in [0.25, 0.3) is 0 Å². The van der Waals surface area contributed by atoms with Crippen LogP contribution in [0.2, 0.25) is 0 Å². The molecule has 1 aliphatic heterocycles. The average Bonchev–Trinajstić information content (AvgIpc) is 3.28. The number of halogens is 2. The van der Waals surface area contributed by atoms with E-state index in [1.807, 2.05) is 51.1 Å². The van der Waals surface area contributed by atoms with Gasteiger partial charge in [0.05, 0.1) is 18.3 Å². The summed E-state index contributed by atoms with van der Waals surface area (Å²) in [6.45, 7) is 5.97. The van der Waals surface area contributed by atoms with Gasteiger partial charge in [-0.2, -0.15) is 0 Å². The lowest BCUT2D eigenvalue weighted by atomic mass is 9.96. The van der Waals surface area contributed by atoms with Crippen LogP contribution >= 0.6 is 11.8 Å². The molecule has 0 bridgehead atoms. The van der Waals surface area contributed by atoms with Gasteiger partial charge in [-0.3, -0.25) is 14.4 Å². The fraction of sp³-hybridized carbons (Fsp3) is 0.344. The minimum Gasteiger partial charge on any atom is -0.381 e. The Bertz CT molecular complexity index is 1440. The zero-order valence-corrected chi connectivity index (χ0v) is 24.6. The molecule has 222 valence electrons. The maximum atomic E-state index is 14.2. The molecule has 42 heavy (non-hydrogen) atoms. The van der Waals surface area contributed by atoms with Crippen LogP contribution in [0.15, 0.2) is 72.8 Å². The lowest BCUT2D eigenvalue weighted by molar-refractivity contribution is -0.147. The standard InChI is InChI=1S/C32H35F2N3O4S/c1-20-9-7-8-12-22(20)18-35-30(40)29-32(2,3)42-19-37(29)31(41)28(39)26(15-21-10-5-4-6-11-21)36-27(38)17-23-16-24(33)13-14-25(23)34/h4-14,16,26,28-29,39H,15,17-19H2,1-3H3,(H,35,40)(H,36,38)/t26-,28-,29+/m0/s1. The highest BCUT2D eigenvalue weighted by atomic mass is 32.2. The highest BCUT2D eigenvalue weighted by molar-refractivity contribution is 8.00. The lowest BCUT2D eigenvalue weighted by Crippen LogP contribution is -2.58. The number of rotatable bonds is 10. The predicted octanol–water partition coefficient (Wildman–Crippen LogP) is 3.90. The first-order chi connectivity index (χ1) is 20.0. The highest BCUT2D eigenvalue weighted by Gasteiger charge is 2.49. The van der Waals surface area contributed by atoms with Crippen molar-refractivity contribution in [3.8, 4) is 0 Å². The summed E-state index contributed by atoms with van der Waals surface area (Å²) in [5.74, 6) is -2.99. The number of carbonyl (C=O) groups excluding carboxylic acids is 3. The molecule has 1 aliphatic rings. The van der Waals surface area contributed by atoms with Crippen molar-refractivity contribution in [1.82, 2.24) is 15.5 Å². The quantitative estimate of drug-likeness (QED) is 0.330. The van der Waals surface area contributed by atoms with Gasteiger partial charge in [0.1, 0.15) is 17.7 Å². The number of carbonyl (C=O) groups is 3. The van der Waals surface area contributed by atoms with Crippen molar-refractivity contribution < 1.29 is 28.3 Å². The Morgan fingerprint density at radius 2 is 1.71 bits per heavy atom. The van der Waals surface area contributed by atoms with Gasteiger partial charge in [0.15, 0.2) is 6.10 Å². The number of nitrogens with one attached hydrogen (secondary N) is 2. The van der Waals surface area contributed by atoms with Crippen molar-refractivity contribution in [2.24, 2.45) is 0 Å². The summed E-state index contributed by atoms with van der Waals surface area (Å²) in [5, 5.41) is 16.9. The molecule has 0 aliphatic carbocycles. The fourth-order valence-electron chi connectivity index (χ4n) is 5.06. The Kier molecular flexibility index (Phi) is 10.0. The van der Waals surface area contributed by atoms with Crippen LogP contribution in [0.1, 0.15) is 36.1 Å². The number of thioether (sulfide) groups is 1. The molecule has 3 N–H and O–H groups in total. The molecule has 3 amide bonds. The molecule has 3 aromatic carbocycles. The van der Waals surface area contributed by atoms with E-state index in [-0.39, 0.29) is 30.3 Å². The maximum absolute atomic E-state index is 14.2. The molecule has 3 aromatic rings. The molecule has 0 saturated carbocycles. The average molecular weight is 596 g/mol. The van der Waals surface area contributed by atoms with Crippen LogP contribution in [0, 0.1) is 18.6 Å². The molecule has 1 heterocycles. The topological polar surface area (TPSA) is 98.7 Å². The largest absolute Gasteiger partial charge is 0.381 e. The van der Waals surface area contributed by atoms with Gasteiger partial charge < -0.3 is 20.6 Å². The number of aliphatic hydroxyl groups is 1. The molecule has 0 aromatic heterocycles. The van der Waals surface area contributed by atoms with Gasteiger partial charge in [0.25, 0.3) is 5.91 Å². The molecule has 7 nitrogen and oxygen atoms in total. The Balaban J connectivity index is 1.52. The second kappa shape index (κ2) is 13.5. The van der Waals surface area contributed by atoms with Gasteiger partial charge in [0, 0.05) is 16.9 Å². The second-order valence-electron chi connectivity index (χ2n) is 11.0. The van der Waals surface area contributed by atoms with E-state index in [9.17, 15) is 28.3 Å². The summed E-state index contributed by atoms with van der Waals surface area (Å²) in [6.07, 6.45) is -2.08. The minimum atomic E-state index is -1.70. The summed E-state index contributed by atoms with van der Waals surface area (Å²) in [4.78, 5) is 41.5. The smallest absolute Gasteiger partial charge is 0.254 e. The number of hydrogen-bond acceptors (Lipinski definition) is 5. The molecule has 0 spiro atoms. The van der Waals surface area contributed by atoms with E-state index in [0.717, 1.165) is 34.9 Å². The first-order valence-electron chi connectivity index (χ1n) is 13.7. The van der Waals surface area contributed by atoms with Crippen molar-refractivity contribution in [2.75, 3.05) is 5.88 Å². The van der Waals surface area contributed by atoms with E-state index < -0.39 is 52.8 Å². The van der Waals surface area contributed by atoms with E-state index >= 15 is 0 Å². The number of amides is 3. The number of nitrogens with zero attached hydrogens (tertiary/aromatic N) is 1. The molecule has 3 atom stereocenters. The Morgan fingerprint density at radius 3 is 2.43 bits per heavy atom. The minimum absolute atomic E-state index is 0.0969. The third kappa shape index (κ3) is 7.54. The number of aliphatic hydroxyl groups excluding tert-OH is 1. The van der Waals surface area contributed by atoms with Crippen molar-refractivity contribution in [3.63, 3.8) is 0 Å². The van der Waals surface area contributed by atoms with Gasteiger partial charge >= 0.3 is 0 Å². The third-order valence-corrected chi connectivity index (χ3v) is 8.80. The van der Waals surface area contributed by atoms with Crippen LogP contribution < -0.4 is 10.6 Å². The molecule has 4 rings (SSSR count). The maximum Gasteiger partial charge on any atom is 0.254 e. The van der Waals surface area contributed by atoms with Crippen molar-refractivity contribution in [3.05, 3.63) is 107 Å². The normalized spacial score (nSPS) is 17.4. The summed E-state index contributed by atoms with van der Waals surface area (Å²) in [5.41, 5.74) is 2.58. The highest BCUT2D eigenvalue weighted by Crippen LogP contribution is 2.40. The first kappa shape index (κ1) is 31.2. The monoisotopic (exact) mass is 595 g/mol. The van der Waals surface area contributed by atoms with E-state index in [4.69, 9.17) is 0 Å². The zero-order valence-electron chi connectivity index (χ0n) is 23.8. The van der Waals surface area contributed by atoms with Gasteiger partial charge in [-0.15, -0.1) is 11.8 Å². The Morgan fingerprint density at radius 1 is 1.02 bits per heavy atom. The molecular weight excluding hydrogens is 560 g/mol. The van der Waals surface area contributed by atoms with Crippen LogP contribution in [0.5, 0.6) is 0 Å². The van der Waals surface area contributed by atoms with Crippen molar-refractivity contribution in [2.45, 2.75) is 63.1 Å². The summed E-state index contributed by atoms with van der Waals surface area (Å²) >= 11 is 1.42. The van der Waals surface area contributed by atoms with Gasteiger partial charge in [-0.25, -0.2) is 8.78 Å². The predicted molar refractivity (Wildman–Crippen MR) is 158 cm³/mol. The third-order valence-electron chi connectivity index (χ3n) is 7.43. The molecule has 10 heteroatoms. The molecule has 0 radical (unpaired) electrons. The van der Waals surface area contributed by atoms with E-state index in [2.05, 4.69) is 10.6 Å². The van der Waals surface area contributed by atoms with Crippen LogP contribution in [-0.2, 0) is 33.8 Å². The van der Waals surface area contributed by atoms with E-state index in [0.29, 0.717) is 0 Å². The van der Waals surface area contributed by atoms with Crippen molar-refractivity contribution >= 4 is 29.5 Å². The lowest BCUT2D eigenvalue weighted by Gasteiger charge is -2.33. The Hall–Kier alpha value is -3.76. The van der Waals surface area contributed by atoms with Crippen LogP contribution in [0.3, 0.4) is 0 Å². The van der Waals surface area contributed by atoms with Gasteiger partial charge in [-0.1, -0.05) is 54.6 Å². The van der Waals surface area contributed by atoms with E-state index in [1.54, 1.807) is 24.3 Å². The van der Waals surface area contributed by atoms with E-state index in [1.165, 1.54) is 16.7 Å². The fourth-order valence-corrected chi connectivity index (χ4v) is 6.20. The summed E-state index contributed by atoms with van der Waals surface area (Å²) < 4.78 is 27.2.